The Hall–Kier alpha value is -2.93. The molecule has 128 valence electrons. The van der Waals surface area contributed by atoms with E-state index in [4.69, 9.17) is 16.3 Å². The van der Waals surface area contributed by atoms with E-state index in [1.165, 1.54) is 18.2 Å². The van der Waals surface area contributed by atoms with E-state index in [0.717, 1.165) is 11.1 Å². The number of nitro groups is 1. The van der Waals surface area contributed by atoms with Gasteiger partial charge in [-0.3, -0.25) is 10.1 Å². The maximum absolute atomic E-state index is 11.4. The van der Waals surface area contributed by atoms with Gasteiger partial charge in [0.05, 0.1) is 10.6 Å². The number of halogens is 1. The quantitative estimate of drug-likeness (QED) is 0.341. The summed E-state index contributed by atoms with van der Waals surface area (Å²) in [6.45, 7) is 1.04. The Morgan fingerprint density at radius 3 is 2.68 bits per heavy atom. The van der Waals surface area contributed by atoms with Crippen molar-refractivity contribution in [1.82, 2.24) is 9.88 Å². The van der Waals surface area contributed by atoms with E-state index in [1.807, 2.05) is 11.0 Å². The van der Waals surface area contributed by atoms with Gasteiger partial charge in [-0.25, -0.2) is 9.78 Å². The highest BCUT2D eigenvalue weighted by Crippen LogP contribution is 2.21. The number of rotatable bonds is 6. The summed E-state index contributed by atoms with van der Waals surface area (Å²) in [6, 6.07) is 9.93. The van der Waals surface area contributed by atoms with Gasteiger partial charge < -0.3 is 9.64 Å². The zero-order valence-electron chi connectivity index (χ0n) is 13.1. The molecule has 1 aromatic carbocycles. The molecule has 0 N–H and O–H groups in total. The predicted octanol–water partition coefficient (Wildman–Crippen LogP) is 3.09. The van der Waals surface area contributed by atoms with Gasteiger partial charge in [0.1, 0.15) is 11.8 Å². The summed E-state index contributed by atoms with van der Waals surface area (Å²) in [5.41, 5.74) is 2.40. The lowest BCUT2D eigenvalue weighted by atomic mass is 10.1. The lowest BCUT2D eigenvalue weighted by Gasteiger charge is -2.25. The van der Waals surface area contributed by atoms with Crippen LogP contribution in [0, 0.1) is 10.1 Å². The van der Waals surface area contributed by atoms with Crippen LogP contribution in [0.25, 0.3) is 0 Å². The average Bonchev–Trinajstić information content (AvgIpc) is 3.03. The molecule has 0 saturated carbocycles. The molecule has 0 aliphatic carbocycles. The minimum Gasteiger partial charge on any atom is -0.456 e. The summed E-state index contributed by atoms with van der Waals surface area (Å²) in [5, 5.41) is 11.4. The third-order valence-corrected chi connectivity index (χ3v) is 3.93. The molecule has 0 radical (unpaired) electrons. The third kappa shape index (κ3) is 4.33. The number of hydrogen-bond donors (Lipinski definition) is 0. The van der Waals surface area contributed by atoms with Crippen molar-refractivity contribution in [2.75, 3.05) is 6.61 Å². The summed E-state index contributed by atoms with van der Waals surface area (Å²) in [6.07, 6.45) is 3.08. The van der Waals surface area contributed by atoms with Crippen molar-refractivity contribution in [2.45, 2.75) is 13.1 Å². The smallest absolute Gasteiger partial charge is 0.333 e. The van der Waals surface area contributed by atoms with E-state index < -0.39 is 10.9 Å². The first kappa shape index (κ1) is 16.9. The molecule has 0 saturated heterocycles. The number of hydrogen-bond acceptors (Lipinski definition) is 6. The topological polar surface area (TPSA) is 85.6 Å². The minimum absolute atomic E-state index is 0.0262. The fraction of sp³-hybridized carbons (Fsp3) is 0.176. The van der Waals surface area contributed by atoms with Crippen LogP contribution in [0.15, 0.2) is 54.4 Å². The zero-order valence-corrected chi connectivity index (χ0v) is 13.8. The van der Waals surface area contributed by atoms with Gasteiger partial charge in [0.25, 0.3) is 5.69 Å². The number of carbonyl (C=O) groups excluding carboxylic acids is 1. The molecule has 1 aliphatic heterocycles. The van der Waals surface area contributed by atoms with Gasteiger partial charge in [-0.1, -0.05) is 29.8 Å². The van der Waals surface area contributed by atoms with Crippen molar-refractivity contribution in [2.24, 2.45) is 0 Å². The van der Waals surface area contributed by atoms with Crippen molar-refractivity contribution in [3.8, 4) is 0 Å². The van der Waals surface area contributed by atoms with Crippen LogP contribution in [-0.4, -0.2) is 27.4 Å². The molecule has 0 fully saturated rings. The van der Waals surface area contributed by atoms with Crippen molar-refractivity contribution >= 4 is 23.3 Å². The van der Waals surface area contributed by atoms with Crippen LogP contribution in [0.4, 0.5) is 5.69 Å². The summed E-state index contributed by atoms with van der Waals surface area (Å²) in [5.74, 6) is -0.395. The fourth-order valence-corrected chi connectivity index (χ4v) is 2.63. The van der Waals surface area contributed by atoms with Crippen LogP contribution in [0.2, 0.25) is 5.15 Å². The first-order chi connectivity index (χ1) is 12.0. The highest BCUT2D eigenvalue weighted by atomic mass is 35.5. The Morgan fingerprint density at radius 2 is 2.04 bits per heavy atom. The van der Waals surface area contributed by atoms with Crippen LogP contribution < -0.4 is 0 Å². The molecule has 8 heteroatoms. The highest BCUT2D eigenvalue weighted by molar-refractivity contribution is 6.29. The van der Waals surface area contributed by atoms with Gasteiger partial charge in [-0.2, -0.15) is 0 Å². The molecular weight excluding hydrogens is 346 g/mol. The lowest BCUT2D eigenvalue weighted by Crippen LogP contribution is -2.23. The first-order valence-corrected chi connectivity index (χ1v) is 7.85. The van der Waals surface area contributed by atoms with Crippen LogP contribution in [0.3, 0.4) is 0 Å². The van der Waals surface area contributed by atoms with Gasteiger partial charge in [0.15, 0.2) is 0 Å². The van der Waals surface area contributed by atoms with Crippen molar-refractivity contribution < 1.29 is 14.5 Å². The Morgan fingerprint density at radius 1 is 1.24 bits per heavy atom. The second-order valence-electron chi connectivity index (χ2n) is 5.52. The molecule has 3 rings (SSSR count). The predicted molar refractivity (Wildman–Crippen MR) is 90.6 cm³/mol. The van der Waals surface area contributed by atoms with Crippen molar-refractivity contribution in [1.29, 1.82) is 0 Å². The molecule has 7 nitrogen and oxygen atoms in total. The second-order valence-corrected chi connectivity index (χ2v) is 5.90. The molecule has 0 bridgehead atoms. The monoisotopic (exact) mass is 359 g/mol. The number of ether oxygens (including phenoxy) is 1. The summed E-state index contributed by atoms with van der Waals surface area (Å²) >= 11 is 5.81. The van der Waals surface area contributed by atoms with Crippen molar-refractivity contribution in [3.05, 3.63) is 80.8 Å². The standard InChI is InChI=1S/C17H14ClN3O4/c18-16-5-4-13(8-19-16)10-20(15-7-17(22)25-11-15)9-12-2-1-3-14(6-12)21(23)24/h1-8H,9-11H2. The number of benzene rings is 1. The number of esters is 1. The SMILES string of the molecule is O=C1C=C(N(Cc2ccc(Cl)nc2)Cc2cccc([N+](=O)[O-])c2)CO1. The minimum atomic E-state index is -0.432. The molecule has 0 spiro atoms. The van der Waals surface area contributed by atoms with Crippen LogP contribution in [0.1, 0.15) is 11.1 Å². The number of nitro benzene ring substituents is 1. The first-order valence-electron chi connectivity index (χ1n) is 7.47. The van der Waals surface area contributed by atoms with Gasteiger partial charge >= 0.3 is 5.97 Å². The number of cyclic esters (lactones) is 1. The lowest BCUT2D eigenvalue weighted by molar-refractivity contribution is -0.384. The number of nitrogens with zero attached hydrogens (tertiary/aromatic N) is 3. The molecule has 2 heterocycles. The van der Waals surface area contributed by atoms with E-state index in [0.29, 0.717) is 23.9 Å². The Bertz CT molecular complexity index is 836. The molecule has 2 aromatic rings. The average molecular weight is 360 g/mol. The molecule has 0 unspecified atom stereocenters. The van der Waals surface area contributed by atoms with E-state index in [9.17, 15) is 14.9 Å². The third-order valence-electron chi connectivity index (χ3n) is 3.71. The second kappa shape index (κ2) is 7.31. The van der Waals surface area contributed by atoms with Crippen LogP contribution >= 0.6 is 11.6 Å². The fourth-order valence-electron chi connectivity index (χ4n) is 2.52. The normalized spacial score (nSPS) is 13.3. The van der Waals surface area contributed by atoms with E-state index in [2.05, 4.69) is 4.98 Å². The zero-order chi connectivity index (χ0) is 17.8. The van der Waals surface area contributed by atoms with E-state index in [-0.39, 0.29) is 12.3 Å². The van der Waals surface area contributed by atoms with Gasteiger partial charge in [-0.15, -0.1) is 0 Å². The highest BCUT2D eigenvalue weighted by Gasteiger charge is 2.20. The van der Waals surface area contributed by atoms with Gasteiger partial charge in [0, 0.05) is 37.5 Å². The number of aromatic nitrogens is 1. The molecule has 1 aromatic heterocycles. The summed E-state index contributed by atoms with van der Waals surface area (Å²) < 4.78 is 4.98. The maximum atomic E-state index is 11.4. The Labute approximate surface area is 148 Å². The molecule has 0 amide bonds. The summed E-state index contributed by atoms with van der Waals surface area (Å²) in [4.78, 5) is 27.9. The van der Waals surface area contributed by atoms with E-state index >= 15 is 0 Å². The van der Waals surface area contributed by atoms with Gasteiger partial charge in [0.2, 0.25) is 0 Å². The maximum Gasteiger partial charge on any atom is 0.333 e. The van der Waals surface area contributed by atoms with Gasteiger partial charge in [-0.05, 0) is 17.2 Å². The van der Waals surface area contributed by atoms with E-state index in [1.54, 1.807) is 24.4 Å². The molecule has 25 heavy (non-hydrogen) atoms. The summed E-state index contributed by atoms with van der Waals surface area (Å²) in [7, 11) is 0. The van der Waals surface area contributed by atoms with Crippen molar-refractivity contribution in [3.63, 3.8) is 0 Å². The molecular formula is C17H14ClN3O4. The van der Waals surface area contributed by atoms with Crippen LogP contribution in [0.5, 0.6) is 0 Å². The Balaban J connectivity index is 1.84. The number of carbonyl (C=O) groups is 1. The largest absolute Gasteiger partial charge is 0.456 e. The Kier molecular flexibility index (Phi) is 4.95. The van der Waals surface area contributed by atoms with Crippen LogP contribution in [-0.2, 0) is 22.6 Å². The number of non-ortho nitro benzene ring substituents is 1. The number of pyridine rings is 1. The molecule has 1 aliphatic rings. The molecule has 0 atom stereocenters.